The predicted octanol–water partition coefficient (Wildman–Crippen LogP) is 2.40. The van der Waals surface area contributed by atoms with Crippen LogP contribution in [0, 0.1) is 6.92 Å². The van der Waals surface area contributed by atoms with E-state index in [1.807, 2.05) is 18.2 Å². The molecule has 1 N–H and O–H groups in total. The van der Waals surface area contributed by atoms with E-state index in [2.05, 4.69) is 10.3 Å². The maximum Gasteiger partial charge on any atom is 0.255 e. The average Bonchev–Trinajstić information content (AvgIpc) is 2.38. The smallest absolute Gasteiger partial charge is 0.255 e. The molecule has 1 unspecified atom stereocenters. The van der Waals surface area contributed by atoms with Gasteiger partial charge in [0, 0.05) is 11.8 Å². The molecule has 1 aromatic carbocycles. The second-order valence-corrected chi connectivity index (χ2v) is 4.75. The third-order valence-electron chi connectivity index (χ3n) is 2.91. The van der Waals surface area contributed by atoms with Gasteiger partial charge in [0.2, 0.25) is 5.91 Å². The van der Waals surface area contributed by atoms with Crippen molar-refractivity contribution in [1.29, 1.82) is 0 Å². The molecule has 0 spiro atoms. The summed E-state index contributed by atoms with van der Waals surface area (Å²) in [5, 5.41) is 2.87. The van der Waals surface area contributed by atoms with E-state index in [0.717, 1.165) is 0 Å². The molecule has 1 aromatic heterocycles. The zero-order valence-corrected chi connectivity index (χ0v) is 11.9. The lowest BCUT2D eigenvalue weighted by Crippen LogP contribution is -2.33. The van der Waals surface area contributed by atoms with Gasteiger partial charge < -0.3 is 5.32 Å². The first-order valence-corrected chi connectivity index (χ1v) is 6.48. The van der Waals surface area contributed by atoms with Crippen molar-refractivity contribution in [3.63, 3.8) is 0 Å². The highest BCUT2D eigenvalue weighted by molar-refractivity contribution is 6.29. The minimum absolute atomic E-state index is 0.124. The molecule has 104 valence electrons. The van der Waals surface area contributed by atoms with E-state index < -0.39 is 6.04 Å². The quantitative estimate of drug-likeness (QED) is 0.883. The Morgan fingerprint density at radius 3 is 2.60 bits per heavy atom. The Bertz CT molecular complexity index is 683. The van der Waals surface area contributed by atoms with Crippen molar-refractivity contribution >= 4 is 23.2 Å². The fourth-order valence-corrected chi connectivity index (χ4v) is 2.14. The molecule has 1 heterocycles. The van der Waals surface area contributed by atoms with Crippen LogP contribution in [0.15, 0.2) is 41.2 Å². The molecule has 0 aliphatic rings. The lowest BCUT2D eigenvalue weighted by Gasteiger charge is -2.17. The van der Waals surface area contributed by atoms with Gasteiger partial charge in [-0.1, -0.05) is 29.8 Å². The number of carbonyl (C=O) groups excluding carboxylic acids is 1. The maximum atomic E-state index is 12.2. The van der Waals surface area contributed by atoms with E-state index in [1.54, 1.807) is 26.0 Å². The summed E-state index contributed by atoms with van der Waals surface area (Å²) in [4.78, 5) is 28.1. The molecule has 0 saturated carbocycles. The summed E-state index contributed by atoms with van der Waals surface area (Å²) in [6.07, 6.45) is 0. The number of nitrogens with one attached hydrogen (secondary N) is 1. The number of halogens is 1. The Balaban J connectivity index is 2.26. The summed E-state index contributed by atoms with van der Waals surface area (Å²) in [5.41, 5.74) is 0.329. The normalized spacial score (nSPS) is 11.9. The lowest BCUT2D eigenvalue weighted by atomic mass is 10.2. The summed E-state index contributed by atoms with van der Waals surface area (Å²) in [5.74, 6) is 0.115. The molecule has 0 aliphatic heterocycles. The highest BCUT2D eigenvalue weighted by Crippen LogP contribution is 2.12. The van der Waals surface area contributed by atoms with Crippen LogP contribution in [0.2, 0.25) is 5.15 Å². The number of aryl methyl sites for hydroxylation is 1. The standard InChI is InChI=1S/C14H14ClN3O2/c1-9(14(20)17-11-6-4-3-5-7-11)18-10(2)16-12(15)8-13(18)19/h3-9H,1-2H3,(H,17,20). The van der Waals surface area contributed by atoms with E-state index >= 15 is 0 Å². The van der Waals surface area contributed by atoms with Crippen LogP contribution in [0.25, 0.3) is 0 Å². The molecule has 0 bridgehead atoms. The zero-order valence-electron chi connectivity index (χ0n) is 11.1. The molecule has 0 fully saturated rings. The molecular formula is C14H14ClN3O2. The minimum atomic E-state index is -0.674. The average molecular weight is 292 g/mol. The van der Waals surface area contributed by atoms with Gasteiger partial charge in [0.25, 0.3) is 5.56 Å². The minimum Gasteiger partial charge on any atom is -0.324 e. The van der Waals surface area contributed by atoms with Gasteiger partial charge in [-0.2, -0.15) is 0 Å². The van der Waals surface area contributed by atoms with Gasteiger partial charge in [-0.25, -0.2) is 4.98 Å². The van der Waals surface area contributed by atoms with Crippen LogP contribution in [0.1, 0.15) is 18.8 Å². The fourth-order valence-electron chi connectivity index (χ4n) is 1.93. The Labute approximate surface area is 121 Å². The molecule has 1 amide bonds. The van der Waals surface area contributed by atoms with Crippen LogP contribution >= 0.6 is 11.6 Å². The molecular weight excluding hydrogens is 278 g/mol. The van der Waals surface area contributed by atoms with Gasteiger partial charge >= 0.3 is 0 Å². The van der Waals surface area contributed by atoms with Crippen LogP contribution in [-0.2, 0) is 4.79 Å². The highest BCUT2D eigenvalue weighted by atomic mass is 35.5. The van der Waals surface area contributed by atoms with Gasteiger partial charge in [-0.05, 0) is 26.0 Å². The molecule has 0 radical (unpaired) electrons. The SMILES string of the molecule is Cc1nc(Cl)cc(=O)n1C(C)C(=O)Nc1ccccc1. The number of benzene rings is 1. The van der Waals surface area contributed by atoms with Crippen molar-refractivity contribution < 1.29 is 4.79 Å². The first-order valence-electron chi connectivity index (χ1n) is 6.10. The van der Waals surface area contributed by atoms with E-state index in [9.17, 15) is 9.59 Å². The van der Waals surface area contributed by atoms with Crippen LogP contribution in [0.3, 0.4) is 0 Å². The molecule has 20 heavy (non-hydrogen) atoms. The first-order chi connectivity index (χ1) is 9.49. The summed E-state index contributed by atoms with van der Waals surface area (Å²) in [6.45, 7) is 3.28. The van der Waals surface area contributed by atoms with Gasteiger partial charge in [-0.3, -0.25) is 14.2 Å². The van der Waals surface area contributed by atoms with Crippen molar-refractivity contribution in [1.82, 2.24) is 9.55 Å². The molecule has 0 aliphatic carbocycles. The van der Waals surface area contributed by atoms with Crippen LogP contribution < -0.4 is 10.9 Å². The Hall–Kier alpha value is -2.14. The van der Waals surface area contributed by atoms with E-state index in [0.29, 0.717) is 11.5 Å². The summed E-state index contributed by atoms with van der Waals surface area (Å²) in [7, 11) is 0. The number of hydrogen-bond acceptors (Lipinski definition) is 3. The van der Waals surface area contributed by atoms with Crippen molar-refractivity contribution in [2.45, 2.75) is 19.9 Å². The highest BCUT2D eigenvalue weighted by Gasteiger charge is 2.18. The van der Waals surface area contributed by atoms with E-state index in [4.69, 9.17) is 11.6 Å². The first kappa shape index (κ1) is 14.3. The number of aromatic nitrogens is 2. The maximum absolute atomic E-state index is 12.2. The zero-order chi connectivity index (χ0) is 14.7. The summed E-state index contributed by atoms with van der Waals surface area (Å²) < 4.78 is 1.31. The third-order valence-corrected chi connectivity index (χ3v) is 3.10. The number of para-hydroxylation sites is 1. The molecule has 0 saturated heterocycles. The summed E-state index contributed by atoms with van der Waals surface area (Å²) >= 11 is 5.71. The topological polar surface area (TPSA) is 64.0 Å². The Morgan fingerprint density at radius 2 is 2.00 bits per heavy atom. The fraction of sp³-hybridized carbons (Fsp3) is 0.214. The van der Waals surface area contributed by atoms with Gasteiger partial charge in [0.15, 0.2) is 0 Å². The molecule has 1 atom stereocenters. The Morgan fingerprint density at radius 1 is 1.35 bits per heavy atom. The van der Waals surface area contributed by atoms with E-state index in [1.165, 1.54) is 10.6 Å². The predicted molar refractivity (Wildman–Crippen MR) is 78.0 cm³/mol. The van der Waals surface area contributed by atoms with Crippen LogP contribution in [0.5, 0.6) is 0 Å². The van der Waals surface area contributed by atoms with Crippen molar-refractivity contribution in [2.24, 2.45) is 0 Å². The molecule has 2 aromatic rings. The van der Waals surface area contributed by atoms with Gasteiger partial charge in [0.05, 0.1) is 0 Å². The lowest BCUT2D eigenvalue weighted by molar-refractivity contribution is -0.118. The number of hydrogen-bond donors (Lipinski definition) is 1. The summed E-state index contributed by atoms with van der Waals surface area (Å²) in [6, 6.07) is 9.58. The Kier molecular flexibility index (Phi) is 4.20. The van der Waals surface area contributed by atoms with Gasteiger partial charge in [0.1, 0.15) is 17.0 Å². The van der Waals surface area contributed by atoms with Crippen LogP contribution in [-0.4, -0.2) is 15.5 Å². The number of carbonyl (C=O) groups is 1. The monoisotopic (exact) mass is 291 g/mol. The second-order valence-electron chi connectivity index (χ2n) is 4.37. The number of rotatable bonds is 3. The van der Waals surface area contributed by atoms with Crippen molar-refractivity contribution in [2.75, 3.05) is 5.32 Å². The molecule has 2 rings (SSSR count). The third kappa shape index (κ3) is 3.05. The van der Waals surface area contributed by atoms with Gasteiger partial charge in [-0.15, -0.1) is 0 Å². The number of amides is 1. The largest absolute Gasteiger partial charge is 0.324 e. The van der Waals surface area contributed by atoms with E-state index in [-0.39, 0.29) is 16.6 Å². The number of nitrogens with zero attached hydrogens (tertiary/aromatic N) is 2. The van der Waals surface area contributed by atoms with Crippen molar-refractivity contribution in [3.05, 3.63) is 57.7 Å². The van der Waals surface area contributed by atoms with Crippen molar-refractivity contribution in [3.8, 4) is 0 Å². The van der Waals surface area contributed by atoms with Crippen LogP contribution in [0.4, 0.5) is 5.69 Å². The second kappa shape index (κ2) is 5.88. The molecule has 5 nitrogen and oxygen atoms in total. The number of anilines is 1. The molecule has 6 heteroatoms.